The molecular formula is C14H29NO. The van der Waals surface area contributed by atoms with Crippen molar-refractivity contribution in [2.24, 2.45) is 0 Å². The van der Waals surface area contributed by atoms with Crippen molar-refractivity contribution in [1.29, 1.82) is 0 Å². The van der Waals surface area contributed by atoms with Crippen molar-refractivity contribution in [1.82, 2.24) is 0 Å². The van der Waals surface area contributed by atoms with E-state index in [0.717, 1.165) is 45.3 Å². The molecule has 0 heterocycles. The molecule has 16 heavy (non-hydrogen) atoms. The molecule has 0 aromatic heterocycles. The SMILES string of the molecule is C/C=C/CCCCC[N+]([O-])(CCC)CCC. The molecule has 0 radical (unpaired) electrons. The Morgan fingerprint density at radius 2 is 1.56 bits per heavy atom. The van der Waals surface area contributed by atoms with Crippen molar-refractivity contribution in [2.45, 2.75) is 59.3 Å². The summed E-state index contributed by atoms with van der Waals surface area (Å²) in [5.74, 6) is 0. The monoisotopic (exact) mass is 227 g/mol. The average Bonchev–Trinajstić information content (AvgIpc) is 2.24. The van der Waals surface area contributed by atoms with Gasteiger partial charge in [-0.3, -0.25) is 0 Å². The number of rotatable bonds is 10. The Morgan fingerprint density at radius 1 is 0.938 bits per heavy atom. The Balaban J connectivity index is 3.67. The smallest absolute Gasteiger partial charge is 0.0783 e. The molecule has 0 aliphatic carbocycles. The topological polar surface area (TPSA) is 23.1 Å². The summed E-state index contributed by atoms with van der Waals surface area (Å²) in [6.45, 7) is 8.67. The summed E-state index contributed by atoms with van der Waals surface area (Å²) >= 11 is 0. The highest BCUT2D eigenvalue weighted by Crippen LogP contribution is 2.11. The molecule has 0 saturated heterocycles. The summed E-state index contributed by atoms with van der Waals surface area (Å²) in [7, 11) is 0. The maximum atomic E-state index is 12.3. The minimum atomic E-state index is 0.0383. The predicted molar refractivity (Wildman–Crippen MR) is 72.1 cm³/mol. The summed E-state index contributed by atoms with van der Waals surface area (Å²) in [5.41, 5.74) is 0. The van der Waals surface area contributed by atoms with E-state index in [2.05, 4.69) is 32.9 Å². The maximum Gasteiger partial charge on any atom is 0.0783 e. The van der Waals surface area contributed by atoms with E-state index in [1.807, 2.05) is 0 Å². The van der Waals surface area contributed by atoms with Crippen LogP contribution in [-0.2, 0) is 0 Å². The number of unbranched alkanes of at least 4 members (excludes halogenated alkanes) is 3. The maximum absolute atomic E-state index is 12.3. The van der Waals surface area contributed by atoms with E-state index in [-0.39, 0.29) is 4.65 Å². The molecule has 0 N–H and O–H groups in total. The lowest BCUT2D eigenvalue weighted by atomic mass is 10.1. The zero-order valence-corrected chi connectivity index (χ0v) is 11.4. The van der Waals surface area contributed by atoms with Crippen LogP contribution in [0, 0.1) is 5.21 Å². The van der Waals surface area contributed by atoms with Crippen LogP contribution in [0.3, 0.4) is 0 Å². The average molecular weight is 227 g/mol. The normalized spacial score (nSPS) is 12.5. The molecule has 0 atom stereocenters. The van der Waals surface area contributed by atoms with Crippen LogP contribution < -0.4 is 0 Å². The third-order valence-corrected chi connectivity index (χ3v) is 2.93. The summed E-state index contributed by atoms with van der Waals surface area (Å²) in [5, 5.41) is 12.3. The number of quaternary nitrogens is 1. The van der Waals surface area contributed by atoms with Gasteiger partial charge in [-0.2, -0.15) is 0 Å². The molecule has 0 aliphatic heterocycles. The van der Waals surface area contributed by atoms with Crippen LogP contribution in [0.25, 0.3) is 0 Å². The lowest BCUT2D eigenvalue weighted by Crippen LogP contribution is -2.44. The number of hydrogen-bond acceptors (Lipinski definition) is 1. The highest BCUT2D eigenvalue weighted by atomic mass is 16.5. The van der Waals surface area contributed by atoms with Crippen LogP contribution in [0.4, 0.5) is 0 Å². The van der Waals surface area contributed by atoms with E-state index in [4.69, 9.17) is 0 Å². The van der Waals surface area contributed by atoms with E-state index in [1.54, 1.807) is 0 Å². The predicted octanol–water partition coefficient (Wildman–Crippen LogP) is 4.26. The third-order valence-electron chi connectivity index (χ3n) is 2.93. The minimum absolute atomic E-state index is 0.0383. The molecule has 0 saturated carbocycles. The van der Waals surface area contributed by atoms with Gasteiger partial charge in [-0.1, -0.05) is 26.0 Å². The van der Waals surface area contributed by atoms with E-state index in [0.29, 0.717) is 0 Å². The van der Waals surface area contributed by atoms with E-state index < -0.39 is 0 Å². The van der Waals surface area contributed by atoms with Gasteiger partial charge in [0.25, 0.3) is 0 Å². The number of hydrogen-bond donors (Lipinski definition) is 0. The van der Waals surface area contributed by atoms with Gasteiger partial charge in [0, 0.05) is 0 Å². The Labute approximate surface area is 102 Å². The molecule has 0 rings (SSSR count). The standard InChI is InChI=1S/C14H29NO/c1-4-7-8-9-10-11-14-15(16,12-5-2)13-6-3/h4,7H,5-6,8-14H2,1-3H3/b7-4+. The molecule has 0 aromatic carbocycles. The molecule has 2 nitrogen and oxygen atoms in total. The first kappa shape index (κ1) is 15.7. The lowest BCUT2D eigenvalue weighted by molar-refractivity contribution is -0.881. The Bertz CT molecular complexity index is 172. The van der Waals surface area contributed by atoms with Gasteiger partial charge < -0.3 is 9.85 Å². The molecule has 0 aliphatic rings. The van der Waals surface area contributed by atoms with Crippen molar-refractivity contribution < 1.29 is 4.65 Å². The van der Waals surface area contributed by atoms with Gasteiger partial charge in [-0.05, 0) is 45.4 Å². The Morgan fingerprint density at radius 3 is 2.06 bits per heavy atom. The highest BCUT2D eigenvalue weighted by molar-refractivity contribution is 4.76. The second kappa shape index (κ2) is 9.86. The number of hydroxylamine groups is 3. The first-order valence-corrected chi connectivity index (χ1v) is 6.86. The van der Waals surface area contributed by atoms with E-state index in [1.165, 1.54) is 12.8 Å². The second-order valence-corrected chi connectivity index (χ2v) is 4.65. The number of allylic oxidation sites excluding steroid dienone is 2. The molecule has 0 bridgehead atoms. The molecular weight excluding hydrogens is 198 g/mol. The Hall–Kier alpha value is -0.340. The molecule has 0 aromatic rings. The van der Waals surface area contributed by atoms with Crippen molar-refractivity contribution in [3.05, 3.63) is 17.4 Å². The molecule has 0 amide bonds. The Kier molecular flexibility index (Phi) is 9.65. The second-order valence-electron chi connectivity index (χ2n) is 4.65. The van der Waals surface area contributed by atoms with Gasteiger partial charge in [0.05, 0.1) is 19.6 Å². The quantitative estimate of drug-likeness (QED) is 0.237. The van der Waals surface area contributed by atoms with Crippen molar-refractivity contribution in [2.75, 3.05) is 19.6 Å². The van der Waals surface area contributed by atoms with Crippen molar-refractivity contribution in [3.8, 4) is 0 Å². The summed E-state index contributed by atoms with van der Waals surface area (Å²) < 4.78 is 0.0383. The molecule has 2 heteroatoms. The van der Waals surface area contributed by atoms with Gasteiger partial charge in [0.2, 0.25) is 0 Å². The third kappa shape index (κ3) is 7.89. The van der Waals surface area contributed by atoms with E-state index >= 15 is 0 Å². The summed E-state index contributed by atoms with van der Waals surface area (Å²) in [6.07, 6.45) is 11.0. The zero-order chi connectivity index (χ0) is 12.3. The van der Waals surface area contributed by atoms with Crippen LogP contribution in [0.15, 0.2) is 12.2 Å². The molecule has 0 unspecified atom stereocenters. The van der Waals surface area contributed by atoms with Gasteiger partial charge in [0.1, 0.15) is 0 Å². The van der Waals surface area contributed by atoms with E-state index in [9.17, 15) is 5.21 Å². The molecule has 0 spiro atoms. The minimum Gasteiger partial charge on any atom is -0.633 e. The zero-order valence-electron chi connectivity index (χ0n) is 11.4. The van der Waals surface area contributed by atoms with Crippen LogP contribution in [0.5, 0.6) is 0 Å². The summed E-state index contributed by atoms with van der Waals surface area (Å²) in [6, 6.07) is 0. The fraction of sp³-hybridized carbons (Fsp3) is 0.857. The van der Waals surface area contributed by atoms with Crippen molar-refractivity contribution in [3.63, 3.8) is 0 Å². The number of nitrogens with zero attached hydrogens (tertiary/aromatic N) is 1. The largest absolute Gasteiger partial charge is 0.633 e. The first-order chi connectivity index (χ1) is 7.68. The fourth-order valence-electron chi connectivity index (χ4n) is 2.16. The first-order valence-electron chi connectivity index (χ1n) is 6.86. The lowest BCUT2D eigenvalue weighted by Gasteiger charge is -2.42. The fourth-order valence-corrected chi connectivity index (χ4v) is 2.16. The van der Waals surface area contributed by atoms with Crippen LogP contribution in [0.1, 0.15) is 59.3 Å². The van der Waals surface area contributed by atoms with Crippen LogP contribution in [-0.4, -0.2) is 24.3 Å². The summed E-state index contributed by atoms with van der Waals surface area (Å²) in [4.78, 5) is 0. The highest BCUT2D eigenvalue weighted by Gasteiger charge is 2.13. The molecule has 96 valence electrons. The van der Waals surface area contributed by atoms with Gasteiger partial charge in [-0.25, -0.2) is 0 Å². The van der Waals surface area contributed by atoms with Crippen LogP contribution >= 0.6 is 0 Å². The van der Waals surface area contributed by atoms with Gasteiger partial charge in [-0.15, -0.1) is 0 Å². The van der Waals surface area contributed by atoms with Gasteiger partial charge in [0.15, 0.2) is 0 Å². The van der Waals surface area contributed by atoms with Gasteiger partial charge >= 0.3 is 0 Å². The molecule has 0 fully saturated rings. The van der Waals surface area contributed by atoms with Crippen molar-refractivity contribution >= 4 is 0 Å². The van der Waals surface area contributed by atoms with Crippen LogP contribution in [0.2, 0.25) is 0 Å².